The van der Waals surface area contributed by atoms with E-state index < -0.39 is 11.6 Å². The van der Waals surface area contributed by atoms with Crippen LogP contribution >= 0.6 is 0 Å². The minimum absolute atomic E-state index is 0.0986. The van der Waals surface area contributed by atoms with E-state index in [2.05, 4.69) is 0 Å². The predicted octanol–water partition coefficient (Wildman–Crippen LogP) is 2.20. The third-order valence-corrected chi connectivity index (χ3v) is 7.17. The summed E-state index contributed by atoms with van der Waals surface area (Å²) in [7, 11) is 0. The summed E-state index contributed by atoms with van der Waals surface area (Å²) in [6, 6.07) is 6.74. The zero-order chi connectivity index (χ0) is 22.4. The van der Waals surface area contributed by atoms with Gasteiger partial charge in [-0.1, -0.05) is 6.92 Å². The Balaban J connectivity index is 1.58. The van der Waals surface area contributed by atoms with Gasteiger partial charge in [0, 0.05) is 28.1 Å². The minimum atomic E-state index is -1.85. The number of cyclic esters (lactones) is 1. The molecule has 4 N–H and O–H groups in total. The number of pyridine rings is 2. The number of aromatic hydroxyl groups is 1. The summed E-state index contributed by atoms with van der Waals surface area (Å²) in [6.07, 6.45) is 2.19. The number of esters is 1. The van der Waals surface area contributed by atoms with Crippen LogP contribution in [-0.4, -0.2) is 25.7 Å². The number of benzene rings is 1. The molecule has 4 heterocycles. The fourth-order valence-corrected chi connectivity index (χ4v) is 5.10. The highest BCUT2D eigenvalue weighted by molar-refractivity contribution is 5.89. The third-order valence-electron chi connectivity index (χ3n) is 7.17. The second kappa shape index (κ2) is 6.40. The molecule has 0 spiro atoms. The van der Waals surface area contributed by atoms with Crippen molar-refractivity contribution < 1.29 is 19.7 Å². The maximum atomic E-state index is 13.3. The quantitative estimate of drug-likeness (QED) is 0.423. The Kier molecular flexibility index (Phi) is 3.89. The Labute approximate surface area is 183 Å². The highest BCUT2D eigenvalue weighted by Gasteiger charge is 2.45. The summed E-state index contributed by atoms with van der Waals surface area (Å²) in [5.74, 6) is -0.225. The van der Waals surface area contributed by atoms with E-state index in [-0.39, 0.29) is 30.4 Å². The number of nitrogens with zero attached hydrogens (tertiary/aromatic N) is 2. The molecule has 2 unspecified atom stereocenters. The molecular weight excluding hydrogens is 410 g/mol. The van der Waals surface area contributed by atoms with Gasteiger partial charge in [-0.25, -0.2) is 9.78 Å². The molecule has 0 amide bonds. The largest absolute Gasteiger partial charge is 0.508 e. The van der Waals surface area contributed by atoms with Gasteiger partial charge in [0.05, 0.1) is 29.0 Å². The van der Waals surface area contributed by atoms with Crippen molar-refractivity contribution in [3.05, 3.63) is 56.9 Å². The van der Waals surface area contributed by atoms with Gasteiger partial charge in [-0.15, -0.1) is 0 Å². The van der Waals surface area contributed by atoms with E-state index in [1.54, 1.807) is 29.7 Å². The molecule has 2 aliphatic heterocycles. The van der Waals surface area contributed by atoms with Crippen LogP contribution < -0.4 is 11.3 Å². The smallest absolute Gasteiger partial charge is 0.343 e. The maximum Gasteiger partial charge on any atom is 0.343 e. The van der Waals surface area contributed by atoms with E-state index in [1.165, 1.54) is 0 Å². The first-order chi connectivity index (χ1) is 15.3. The highest BCUT2D eigenvalue weighted by atomic mass is 16.6. The standard InChI is InChI=1S/C24H23N3O5/c1-2-24(31)15-8-17-21-12(9-27(17)22(29)14(15)10-32-23(24)30)7-13-16(26-21)5-6-18(28)19(13)20(25)11-3-4-11/h5-8,11,20,28,31H,2-4,9-10,25H2,1H3. The average Bonchev–Trinajstić information content (AvgIpc) is 3.57. The van der Waals surface area contributed by atoms with Crippen LogP contribution in [0.2, 0.25) is 0 Å². The van der Waals surface area contributed by atoms with Gasteiger partial charge in [0.2, 0.25) is 0 Å². The van der Waals surface area contributed by atoms with E-state index in [0.29, 0.717) is 46.1 Å². The van der Waals surface area contributed by atoms with Gasteiger partial charge in [-0.2, -0.15) is 0 Å². The molecule has 6 rings (SSSR count). The van der Waals surface area contributed by atoms with Crippen molar-refractivity contribution in [1.29, 1.82) is 0 Å². The lowest BCUT2D eigenvalue weighted by Gasteiger charge is -2.31. The topological polar surface area (TPSA) is 128 Å². The fraction of sp³-hybridized carbons (Fsp3) is 0.375. The van der Waals surface area contributed by atoms with Crippen LogP contribution in [0.15, 0.2) is 29.1 Å². The second-order valence-corrected chi connectivity index (χ2v) is 9.03. The molecule has 0 radical (unpaired) electrons. The SMILES string of the molecule is CCC1(O)C(=O)OCc2c1cc1n(c2=O)Cc2cc3c(C(N)C4CC4)c(O)ccc3nc2-1. The van der Waals surface area contributed by atoms with Crippen LogP contribution in [0.4, 0.5) is 0 Å². The number of fused-ring (bicyclic) bond motifs is 5. The molecule has 1 saturated carbocycles. The molecule has 2 aromatic heterocycles. The molecular formula is C24H23N3O5. The molecule has 1 aliphatic carbocycles. The molecule has 0 bridgehead atoms. The summed E-state index contributed by atoms with van der Waals surface area (Å²) in [4.78, 5) is 30.4. The Morgan fingerprint density at radius 2 is 2.09 bits per heavy atom. The normalized spacial score (nSPS) is 22.3. The zero-order valence-electron chi connectivity index (χ0n) is 17.6. The number of hydrogen-bond acceptors (Lipinski definition) is 7. The molecule has 1 fully saturated rings. The Hall–Kier alpha value is -3.23. The van der Waals surface area contributed by atoms with Gasteiger partial charge in [0.15, 0.2) is 5.60 Å². The fourth-order valence-electron chi connectivity index (χ4n) is 5.10. The third kappa shape index (κ3) is 2.47. The van der Waals surface area contributed by atoms with Crippen molar-refractivity contribution in [2.45, 2.75) is 51.0 Å². The summed E-state index contributed by atoms with van der Waals surface area (Å²) in [5, 5.41) is 22.3. The number of aromatic nitrogens is 2. The monoisotopic (exact) mass is 433 g/mol. The van der Waals surface area contributed by atoms with Crippen LogP contribution in [0.25, 0.3) is 22.3 Å². The van der Waals surface area contributed by atoms with Crippen molar-refractivity contribution in [3.63, 3.8) is 0 Å². The molecule has 2 atom stereocenters. The zero-order valence-corrected chi connectivity index (χ0v) is 17.6. The van der Waals surface area contributed by atoms with Gasteiger partial charge in [-0.3, -0.25) is 4.79 Å². The highest BCUT2D eigenvalue weighted by Crippen LogP contribution is 2.45. The van der Waals surface area contributed by atoms with Crippen LogP contribution in [0.1, 0.15) is 54.5 Å². The summed E-state index contributed by atoms with van der Waals surface area (Å²) in [5.41, 5.74) is 8.29. The lowest BCUT2D eigenvalue weighted by Crippen LogP contribution is -2.44. The van der Waals surface area contributed by atoms with Crippen LogP contribution in [0.3, 0.4) is 0 Å². The average molecular weight is 433 g/mol. The van der Waals surface area contributed by atoms with Crippen LogP contribution in [-0.2, 0) is 28.3 Å². The predicted molar refractivity (Wildman–Crippen MR) is 116 cm³/mol. The number of rotatable bonds is 3. The summed E-state index contributed by atoms with van der Waals surface area (Å²) >= 11 is 0. The first-order valence-corrected chi connectivity index (χ1v) is 10.9. The second-order valence-electron chi connectivity index (χ2n) is 9.03. The van der Waals surface area contributed by atoms with Crippen molar-refractivity contribution >= 4 is 16.9 Å². The molecule has 3 aromatic rings. The first kappa shape index (κ1) is 19.5. The number of phenols is 1. The van der Waals surface area contributed by atoms with Gasteiger partial charge >= 0.3 is 5.97 Å². The molecule has 0 saturated heterocycles. The van der Waals surface area contributed by atoms with Crippen molar-refractivity contribution in [3.8, 4) is 17.1 Å². The van der Waals surface area contributed by atoms with Gasteiger partial charge in [0.1, 0.15) is 12.4 Å². The van der Waals surface area contributed by atoms with E-state index in [1.807, 2.05) is 6.07 Å². The van der Waals surface area contributed by atoms with Gasteiger partial charge in [-0.05, 0) is 49.4 Å². The molecule has 3 aliphatic rings. The molecule has 32 heavy (non-hydrogen) atoms. The van der Waals surface area contributed by atoms with Crippen molar-refractivity contribution in [2.24, 2.45) is 11.7 Å². The first-order valence-electron chi connectivity index (χ1n) is 10.9. The minimum Gasteiger partial charge on any atom is -0.508 e. The number of aliphatic hydroxyl groups is 1. The summed E-state index contributed by atoms with van der Waals surface area (Å²) in [6.45, 7) is 1.83. The van der Waals surface area contributed by atoms with Crippen LogP contribution in [0.5, 0.6) is 5.75 Å². The maximum absolute atomic E-state index is 13.3. The van der Waals surface area contributed by atoms with Gasteiger partial charge in [0.25, 0.3) is 5.56 Å². The number of carbonyl (C=O) groups is 1. The van der Waals surface area contributed by atoms with Gasteiger partial charge < -0.3 is 25.3 Å². The molecule has 8 heteroatoms. The molecule has 8 nitrogen and oxygen atoms in total. The number of carbonyl (C=O) groups excluding carboxylic acids is 1. The molecule has 164 valence electrons. The number of nitrogens with two attached hydrogens (primary N) is 1. The van der Waals surface area contributed by atoms with E-state index in [9.17, 15) is 19.8 Å². The number of ether oxygens (including phenoxy) is 1. The summed E-state index contributed by atoms with van der Waals surface area (Å²) < 4.78 is 6.72. The Bertz CT molecular complexity index is 1390. The Morgan fingerprint density at radius 1 is 1.31 bits per heavy atom. The van der Waals surface area contributed by atoms with E-state index >= 15 is 0 Å². The Morgan fingerprint density at radius 3 is 2.81 bits per heavy atom. The van der Waals surface area contributed by atoms with E-state index in [4.69, 9.17) is 15.5 Å². The van der Waals surface area contributed by atoms with E-state index in [0.717, 1.165) is 23.8 Å². The van der Waals surface area contributed by atoms with Crippen LogP contribution in [0, 0.1) is 5.92 Å². The van der Waals surface area contributed by atoms with Crippen molar-refractivity contribution in [1.82, 2.24) is 9.55 Å². The lowest BCUT2D eigenvalue weighted by atomic mass is 9.86. The number of hydrogen-bond donors (Lipinski definition) is 3. The molecule has 1 aromatic carbocycles. The van der Waals surface area contributed by atoms with Crippen molar-refractivity contribution in [2.75, 3.05) is 0 Å². The number of phenolic OH excluding ortho intramolecular Hbond substituents is 1. The lowest BCUT2D eigenvalue weighted by molar-refractivity contribution is -0.172.